The fourth-order valence-electron chi connectivity index (χ4n) is 10.1. The summed E-state index contributed by atoms with van der Waals surface area (Å²) < 4.78 is 11.9. The Morgan fingerprint density at radius 2 is 0.564 bits per heavy atom. The maximum Gasteiger partial charge on any atom is 0.338 e. The van der Waals surface area contributed by atoms with Crippen LogP contribution in [0, 0.1) is 0 Å². The molecule has 78 heavy (non-hydrogen) atoms. The minimum absolute atomic E-state index is 0.148. The Morgan fingerprint density at radius 3 is 0.833 bits per heavy atom. The normalized spacial score (nSPS) is 11.0. The minimum atomic E-state index is -0.543. The molecule has 12 aromatic rings. The number of rotatable bonds is 10. The number of carbonyl (C=O) groups is 2. The lowest BCUT2D eigenvalue weighted by Crippen LogP contribution is -2.11. The van der Waals surface area contributed by atoms with Crippen molar-refractivity contribution in [3.63, 3.8) is 0 Å². The summed E-state index contributed by atoms with van der Waals surface area (Å²) >= 11 is 0. The van der Waals surface area contributed by atoms with E-state index in [4.69, 9.17) is 9.47 Å². The second-order valence-electron chi connectivity index (χ2n) is 19.3. The second-order valence-corrected chi connectivity index (χ2v) is 19.3. The summed E-state index contributed by atoms with van der Waals surface area (Å²) in [7, 11) is 0. The fraction of sp³-hybridized carbons (Fsp3) is 0.0278. The van der Waals surface area contributed by atoms with E-state index in [2.05, 4.69) is 98.1 Å². The first-order valence-electron chi connectivity index (χ1n) is 25.6. The van der Waals surface area contributed by atoms with Gasteiger partial charge in [0.2, 0.25) is 0 Å². The van der Waals surface area contributed by atoms with Crippen molar-refractivity contribution < 1.29 is 29.3 Å². The number of benzene rings is 12. The van der Waals surface area contributed by atoms with E-state index in [0.717, 1.165) is 87.6 Å². The molecule has 6 heteroatoms. The van der Waals surface area contributed by atoms with E-state index in [-0.39, 0.29) is 22.6 Å². The smallest absolute Gasteiger partial charge is 0.338 e. The number of carbonyl (C=O) groups excluding carboxylic acids is 2. The molecule has 0 atom stereocenters. The van der Waals surface area contributed by atoms with E-state index >= 15 is 0 Å². The molecule has 0 fully saturated rings. The number of fused-ring (bicyclic) bond motifs is 4. The lowest BCUT2D eigenvalue weighted by atomic mass is 9.90. The zero-order valence-electron chi connectivity index (χ0n) is 43.0. The molecular formula is C72H52O6. The van der Waals surface area contributed by atoms with Gasteiger partial charge in [0, 0.05) is 33.4 Å². The molecule has 0 aliphatic carbocycles. The summed E-state index contributed by atoms with van der Waals surface area (Å²) in [5.41, 5.74) is 11.9. The van der Waals surface area contributed by atoms with Crippen LogP contribution in [-0.2, 0) is 9.59 Å². The number of hydrogen-bond donors (Lipinski definition) is 2. The highest BCUT2D eigenvalue weighted by Crippen LogP contribution is 2.48. The monoisotopic (exact) mass is 1010 g/mol. The van der Waals surface area contributed by atoms with Gasteiger partial charge < -0.3 is 19.7 Å². The highest BCUT2D eigenvalue weighted by atomic mass is 16.5. The molecule has 0 bridgehead atoms. The lowest BCUT2D eigenvalue weighted by Gasteiger charge is -2.19. The van der Waals surface area contributed by atoms with Crippen LogP contribution in [-0.4, -0.2) is 22.2 Å². The largest absolute Gasteiger partial charge is 0.507 e. The Balaban J connectivity index is 0.000000171. The molecule has 376 valence electrons. The van der Waals surface area contributed by atoms with Crippen LogP contribution in [0.15, 0.2) is 267 Å². The molecule has 0 unspecified atom stereocenters. The summed E-state index contributed by atoms with van der Waals surface area (Å²) in [5, 5.41) is 29.3. The van der Waals surface area contributed by atoms with Crippen molar-refractivity contribution >= 4 is 55.0 Å². The Kier molecular flexibility index (Phi) is 13.8. The molecule has 0 amide bonds. The van der Waals surface area contributed by atoms with Crippen molar-refractivity contribution in [2.45, 2.75) is 13.8 Å². The van der Waals surface area contributed by atoms with Gasteiger partial charge in [0.15, 0.2) is 0 Å². The zero-order chi connectivity index (χ0) is 53.9. The standard InChI is InChI=1S/C40H30O4.C32H22O2/c1-25(2)39(41)43-35-21-17-31-23-29(27-11-7-5-8-12-27)15-19-33(31)37(35)38-34-20-16-30(28-13-9-6-10-14-28)24-32(34)18-22-36(38)44-40(42)26(3)4;33-29-17-13-25-19-23(21-7-3-1-4-8-21)11-15-27(25)31(29)32-28-16-12-24(22-9-5-2-6-10-22)20-26(28)14-18-30(32)34/h5-24H,1,3H2,2,4H3;1-20,33-34H. The molecule has 2 N–H and O–H groups in total. The van der Waals surface area contributed by atoms with Crippen molar-refractivity contribution in [3.8, 4) is 89.8 Å². The molecule has 0 aliphatic rings. The number of phenols is 2. The van der Waals surface area contributed by atoms with Crippen LogP contribution in [0.5, 0.6) is 23.0 Å². The highest BCUT2D eigenvalue weighted by Gasteiger charge is 2.24. The van der Waals surface area contributed by atoms with Crippen molar-refractivity contribution in [1.29, 1.82) is 0 Å². The quantitative estimate of drug-likeness (QED) is 0.0805. The molecule has 0 saturated carbocycles. The fourth-order valence-corrected chi connectivity index (χ4v) is 10.1. The number of aromatic hydroxyl groups is 2. The van der Waals surface area contributed by atoms with Crippen molar-refractivity contribution in [2.24, 2.45) is 0 Å². The highest BCUT2D eigenvalue weighted by molar-refractivity contribution is 6.13. The Hall–Kier alpha value is -10.3. The minimum Gasteiger partial charge on any atom is -0.507 e. The average Bonchev–Trinajstić information content (AvgIpc) is 3.54. The number of esters is 2. The van der Waals surface area contributed by atoms with Crippen molar-refractivity contribution in [3.05, 3.63) is 267 Å². The first kappa shape index (κ1) is 49.9. The molecule has 0 saturated heterocycles. The van der Waals surface area contributed by atoms with E-state index in [1.807, 2.05) is 133 Å². The van der Waals surface area contributed by atoms with Crippen LogP contribution in [0.25, 0.3) is 110 Å². The number of hydrogen-bond acceptors (Lipinski definition) is 6. The predicted molar refractivity (Wildman–Crippen MR) is 320 cm³/mol. The van der Waals surface area contributed by atoms with Gasteiger partial charge >= 0.3 is 11.9 Å². The first-order chi connectivity index (χ1) is 38.0. The van der Waals surface area contributed by atoms with E-state index < -0.39 is 11.9 Å². The van der Waals surface area contributed by atoms with Gasteiger partial charge in [-0.1, -0.05) is 207 Å². The SMILES string of the molecule is C=C(C)C(=O)Oc1ccc2cc(-c3ccccc3)ccc2c1-c1c(OC(=O)C(=C)C)ccc2cc(-c3ccccc3)ccc12.Oc1ccc2cc(-c3ccccc3)ccc2c1-c1c(O)ccc2cc(-c3ccccc3)ccc12. The van der Waals surface area contributed by atoms with Gasteiger partial charge in [-0.3, -0.25) is 0 Å². The van der Waals surface area contributed by atoms with Crippen LogP contribution < -0.4 is 9.47 Å². The third-order valence-corrected chi connectivity index (χ3v) is 14.0. The summed E-state index contributed by atoms with van der Waals surface area (Å²) in [5.74, 6) is -0.114. The van der Waals surface area contributed by atoms with Crippen LogP contribution in [0.3, 0.4) is 0 Å². The summed E-state index contributed by atoms with van der Waals surface area (Å²) in [6.07, 6.45) is 0. The van der Waals surface area contributed by atoms with Crippen LogP contribution in [0.2, 0.25) is 0 Å². The molecule has 0 spiro atoms. The summed E-state index contributed by atoms with van der Waals surface area (Å²) in [6.45, 7) is 10.8. The van der Waals surface area contributed by atoms with E-state index in [1.54, 1.807) is 38.1 Å². The molecule has 0 heterocycles. The first-order valence-corrected chi connectivity index (χ1v) is 25.6. The second kappa shape index (κ2) is 21.5. The van der Waals surface area contributed by atoms with Gasteiger partial charge in [0.05, 0.1) is 0 Å². The Morgan fingerprint density at radius 1 is 0.308 bits per heavy atom. The average molecular weight is 1010 g/mol. The van der Waals surface area contributed by atoms with Crippen LogP contribution in [0.4, 0.5) is 0 Å². The Labute approximate surface area is 452 Å². The summed E-state index contributed by atoms with van der Waals surface area (Å²) in [6, 6.07) is 80.3. The molecule has 0 aliphatic heterocycles. The van der Waals surface area contributed by atoms with E-state index in [9.17, 15) is 19.8 Å². The third kappa shape index (κ3) is 10.0. The molecule has 0 aromatic heterocycles. The maximum absolute atomic E-state index is 12.9. The lowest BCUT2D eigenvalue weighted by molar-refractivity contribution is -0.131. The van der Waals surface area contributed by atoms with Crippen molar-refractivity contribution in [1.82, 2.24) is 0 Å². The molecular weight excluding hydrogens is 961 g/mol. The van der Waals surface area contributed by atoms with Gasteiger partial charge in [0.25, 0.3) is 0 Å². The summed E-state index contributed by atoms with van der Waals surface area (Å²) in [4.78, 5) is 25.7. The van der Waals surface area contributed by atoms with Crippen LogP contribution in [0.1, 0.15) is 13.8 Å². The van der Waals surface area contributed by atoms with E-state index in [0.29, 0.717) is 33.8 Å². The van der Waals surface area contributed by atoms with Gasteiger partial charge in [0.1, 0.15) is 23.0 Å². The van der Waals surface area contributed by atoms with Crippen molar-refractivity contribution in [2.75, 3.05) is 0 Å². The predicted octanol–water partition coefficient (Wildman–Crippen LogP) is 18.4. The van der Waals surface area contributed by atoms with Gasteiger partial charge in [-0.05, 0) is 150 Å². The van der Waals surface area contributed by atoms with Gasteiger partial charge in [-0.25, -0.2) is 9.59 Å². The molecule has 12 rings (SSSR count). The topological polar surface area (TPSA) is 93.1 Å². The maximum atomic E-state index is 12.9. The molecule has 12 aromatic carbocycles. The molecule has 0 radical (unpaired) electrons. The zero-order valence-corrected chi connectivity index (χ0v) is 43.0. The third-order valence-electron chi connectivity index (χ3n) is 14.0. The van der Waals surface area contributed by atoms with Gasteiger partial charge in [-0.2, -0.15) is 0 Å². The Bertz CT molecular complexity index is 4020. The van der Waals surface area contributed by atoms with E-state index in [1.165, 1.54) is 0 Å². The number of ether oxygens (including phenoxy) is 2. The van der Waals surface area contributed by atoms with Gasteiger partial charge in [-0.15, -0.1) is 0 Å². The molecule has 6 nitrogen and oxygen atoms in total. The number of phenolic OH excluding ortho intramolecular Hbond substituents is 2. The van der Waals surface area contributed by atoms with Crippen LogP contribution >= 0.6 is 0 Å².